The maximum atomic E-state index is 12.1. The summed E-state index contributed by atoms with van der Waals surface area (Å²) in [7, 11) is 0. The van der Waals surface area contributed by atoms with Gasteiger partial charge >= 0.3 is 5.97 Å². The van der Waals surface area contributed by atoms with Crippen molar-refractivity contribution >= 4 is 22.6 Å². The third-order valence-corrected chi connectivity index (χ3v) is 3.07. The van der Waals surface area contributed by atoms with Crippen LogP contribution in [-0.2, 0) is 4.79 Å². The summed E-state index contributed by atoms with van der Waals surface area (Å²) in [6, 6.07) is 8.97. The number of nitrogens with one attached hydrogen (secondary N) is 1. The number of phenolic OH excluding ortho intramolecular Hbond substituents is 1. The Labute approximate surface area is 121 Å². The minimum Gasteiger partial charge on any atom is -0.506 e. The molecule has 0 heterocycles. The number of aromatic hydroxyl groups is 1. The second-order valence-electron chi connectivity index (χ2n) is 4.46. The minimum absolute atomic E-state index is 0.0111. The summed E-state index contributed by atoms with van der Waals surface area (Å²) in [4.78, 5) is 23.1. The van der Waals surface area contributed by atoms with E-state index in [-0.39, 0.29) is 17.7 Å². The van der Waals surface area contributed by atoms with Crippen molar-refractivity contribution in [2.75, 3.05) is 0 Å². The van der Waals surface area contributed by atoms with Gasteiger partial charge in [0, 0.05) is 11.8 Å². The van der Waals surface area contributed by atoms with Crippen LogP contribution in [0.1, 0.15) is 16.8 Å². The van der Waals surface area contributed by atoms with Crippen molar-refractivity contribution in [3.63, 3.8) is 0 Å². The number of amides is 1. The highest BCUT2D eigenvalue weighted by Crippen LogP contribution is 2.28. The van der Waals surface area contributed by atoms with Crippen LogP contribution in [0.5, 0.6) is 5.75 Å². The molecule has 0 saturated carbocycles. The van der Waals surface area contributed by atoms with Gasteiger partial charge in [-0.2, -0.15) is 0 Å². The Kier molecular flexibility index (Phi) is 4.10. The monoisotopic (exact) mass is 283 g/mol. The SMILES string of the molecule is C#CCC(NC(=O)c1ccc2ccccc2c1O)C(=O)O. The van der Waals surface area contributed by atoms with Crippen molar-refractivity contribution in [1.29, 1.82) is 0 Å². The van der Waals surface area contributed by atoms with Gasteiger partial charge in [0.2, 0.25) is 0 Å². The maximum absolute atomic E-state index is 12.1. The van der Waals surface area contributed by atoms with Crippen LogP contribution in [0.2, 0.25) is 0 Å². The van der Waals surface area contributed by atoms with Crippen molar-refractivity contribution in [3.05, 3.63) is 42.0 Å². The Bertz CT molecular complexity index is 746. The summed E-state index contributed by atoms with van der Waals surface area (Å²) in [6.07, 6.45) is 4.94. The zero-order valence-electron chi connectivity index (χ0n) is 11.0. The van der Waals surface area contributed by atoms with Crippen LogP contribution in [0.4, 0.5) is 0 Å². The van der Waals surface area contributed by atoms with E-state index in [1.807, 2.05) is 6.07 Å². The number of carboxylic acid groups (broad SMARTS) is 1. The number of terminal acetylenes is 1. The lowest BCUT2D eigenvalue weighted by molar-refractivity contribution is -0.139. The van der Waals surface area contributed by atoms with Crippen molar-refractivity contribution in [3.8, 4) is 18.1 Å². The van der Waals surface area contributed by atoms with Crippen molar-refractivity contribution in [2.45, 2.75) is 12.5 Å². The van der Waals surface area contributed by atoms with E-state index in [9.17, 15) is 14.7 Å². The molecule has 3 N–H and O–H groups in total. The summed E-state index contributed by atoms with van der Waals surface area (Å²) >= 11 is 0. The van der Waals surface area contributed by atoms with E-state index in [1.165, 1.54) is 6.07 Å². The van der Waals surface area contributed by atoms with Crippen LogP contribution >= 0.6 is 0 Å². The summed E-state index contributed by atoms with van der Waals surface area (Å²) in [5.74, 6) is 0.107. The predicted molar refractivity (Wildman–Crippen MR) is 78.0 cm³/mol. The molecule has 0 aliphatic heterocycles. The molecule has 0 radical (unpaired) electrons. The number of rotatable bonds is 4. The topological polar surface area (TPSA) is 86.6 Å². The molecule has 0 saturated heterocycles. The molecule has 21 heavy (non-hydrogen) atoms. The number of carbonyl (C=O) groups is 2. The van der Waals surface area contributed by atoms with Crippen LogP contribution in [0.15, 0.2) is 36.4 Å². The largest absolute Gasteiger partial charge is 0.506 e. The summed E-state index contributed by atoms with van der Waals surface area (Å²) in [5, 5.41) is 22.7. The average molecular weight is 283 g/mol. The van der Waals surface area contributed by atoms with E-state index >= 15 is 0 Å². The Morgan fingerprint density at radius 3 is 2.62 bits per heavy atom. The van der Waals surface area contributed by atoms with Gasteiger partial charge in [-0.25, -0.2) is 4.79 Å². The normalized spacial score (nSPS) is 11.6. The third-order valence-electron chi connectivity index (χ3n) is 3.07. The molecule has 0 aromatic heterocycles. The Balaban J connectivity index is 2.33. The molecule has 1 atom stereocenters. The quantitative estimate of drug-likeness (QED) is 0.746. The Morgan fingerprint density at radius 2 is 1.95 bits per heavy atom. The molecule has 2 aromatic rings. The van der Waals surface area contributed by atoms with E-state index in [0.717, 1.165) is 5.39 Å². The van der Waals surface area contributed by atoms with Gasteiger partial charge in [-0.05, 0) is 11.5 Å². The van der Waals surface area contributed by atoms with Crippen LogP contribution < -0.4 is 5.32 Å². The fourth-order valence-electron chi connectivity index (χ4n) is 1.99. The molecule has 0 spiro atoms. The van der Waals surface area contributed by atoms with Crippen LogP contribution in [-0.4, -0.2) is 28.1 Å². The number of benzene rings is 2. The van der Waals surface area contributed by atoms with Gasteiger partial charge in [-0.1, -0.05) is 30.3 Å². The molecule has 5 nitrogen and oxygen atoms in total. The highest BCUT2D eigenvalue weighted by molar-refractivity contribution is 6.04. The lowest BCUT2D eigenvalue weighted by atomic mass is 10.0. The number of aliphatic carboxylic acids is 1. The van der Waals surface area contributed by atoms with Gasteiger partial charge < -0.3 is 15.5 Å². The molecule has 2 aromatic carbocycles. The van der Waals surface area contributed by atoms with Crippen LogP contribution in [0.3, 0.4) is 0 Å². The van der Waals surface area contributed by atoms with Gasteiger partial charge in [-0.3, -0.25) is 4.79 Å². The molecular formula is C16H13NO4. The van der Waals surface area contributed by atoms with Gasteiger partial charge in [-0.15, -0.1) is 12.3 Å². The van der Waals surface area contributed by atoms with E-state index in [1.54, 1.807) is 24.3 Å². The van der Waals surface area contributed by atoms with Gasteiger partial charge in [0.15, 0.2) is 0 Å². The number of carboxylic acids is 1. The fourth-order valence-corrected chi connectivity index (χ4v) is 1.99. The summed E-state index contributed by atoms with van der Waals surface area (Å²) in [6.45, 7) is 0. The first-order chi connectivity index (χ1) is 10.0. The number of fused-ring (bicyclic) bond motifs is 1. The second-order valence-corrected chi connectivity index (χ2v) is 4.46. The number of hydrogen-bond donors (Lipinski definition) is 3. The lowest BCUT2D eigenvalue weighted by Gasteiger charge is -2.13. The smallest absolute Gasteiger partial charge is 0.327 e. The molecule has 0 aliphatic carbocycles. The van der Waals surface area contributed by atoms with Gasteiger partial charge in [0.1, 0.15) is 11.8 Å². The molecule has 0 bridgehead atoms. The minimum atomic E-state index is -1.22. The van der Waals surface area contributed by atoms with Gasteiger partial charge in [0.05, 0.1) is 5.56 Å². The molecule has 0 fully saturated rings. The lowest BCUT2D eigenvalue weighted by Crippen LogP contribution is -2.40. The zero-order chi connectivity index (χ0) is 15.4. The Hall–Kier alpha value is -3.00. The first-order valence-electron chi connectivity index (χ1n) is 6.22. The van der Waals surface area contributed by atoms with Crippen molar-refractivity contribution < 1.29 is 19.8 Å². The number of phenols is 1. The van der Waals surface area contributed by atoms with E-state index < -0.39 is 17.9 Å². The molecule has 1 unspecified atom stereocenters. The predicted octanol–water partition coefficient (Wildman–Crippen LogP) is 1.75. The molecular weight excluding hydrogens is 270 g/mol. The van der Waals surface area contributed by atoms with Crippen molar-refractivity contribution in [2.24, 2.45) is 0 Å². The second kappa shape index (κ2) is 5.97. The highest BCUT2D eigenvalue weighted by Gasteiger charge is 2.21. The number of carbonyl (C=O) groups excluding carboxylic acids is 1. The van der Waals surface area contributed by atoms with Gasteiger partial charge in [0.25, 0.3) is 5.91 Å². The fraction of sp³-hybridized carbons (Fsp3) is 0.125. The van der Waals surface area contributed by atoms with E-state index in [4.69, 9.17) is 11.5 Å². The average Bonchev–Trinajstić information content (AvgIpc) is 2.47. The maximum Gasteiger partial charge on any atom is 0.327 e. The first-order valence-corrected chi connectivity index (χ1v) is 6.22. The molecule has 2 rings (SSSR count). The summed E-state index contributed by atoms with van der Waals surface area (Å²) < 4.78 is 0. The molecule has 1 amide bonds. The standard InChI is InChI=1S/C16H13NO4/c1-2-5-13(16(20)21)17-15(19)12-9-8-10-6-3-4-7-11(10)14(12)18/h1,3-4,6-9,13,18H,5H2,(H,17,19)(H,20,21). The third kappa shape index (κ3) is 2.95. The molecule has 106 valence electrons. The first kappa shape index (κ1) is 14.4. The van der Waals surface area contributed by atoms with E-state index in [0.29, 0.717) is 5.39 Å². The zero-order valence-corrected chi connectivity index (χ0v) is 11.0. The van der Waals surface area contributed by atoms with Crippen LogP contribution in [0.25, 0.3) is 10.8 Å². The highest BCUT2D eigenvalue weighted by atomic mass is 16.4. The van der Waals surface area contributed by atoms with Crippen LogP contribution in [0, 0.1) is 12.3 Å². The molecule has 0 aliphatic rings. The number of hydrogen-bond acceptors (Lipinski definition) is 3. The Morgan fingerprint density at radius 1 is 1.24 bits per heavy atom. The summed E-state index contributed by atoms with van der Waals surface area (Å²) in [5.41, 5.74) is 0.0111. The molecule has 5 heteroatoms. The van der Waals surface area contributed by atoms with E-state index in [2.05, 4.69) is 11.2 Å². The van der Waals surface area contributed by atoms with Crippen molar-refractivity contribution in [1.82, 2.24) is 5.32 Å².